The second-order valence-electron chi connectivity index (χ2n) is 29.4. The van der Waals surface area contributed by atoms with Crippen LogP contribution >= 0.6 is 75.3 Å². The van der Waals surface area contributed by atoms with E-state index in [-0.39, 0.29) is 12.2 Å². The molecule has 0 unspecified atom stereocenters. The van der Waals surface area contributed by atoms with E-state index in [2.05, 4.69) is 191 Å². The predicted molar refractivity (Wildman–Crippen MR) is 498 cm³/mol. The van der Waals surface area contributed by atoms with Gasteiger partial charge in [-0.15, -0.1) is 0 Å². The number of fused-ring (bicyclic) bond motifs is 3. The third-order valence-electron chi connectivity index (χ3n) is 20.1. The number of halogens is 9. The standard InChI is InChI=1S/C25H18Br2N4.C25H18BrClN4.C25H18BrFN4.C24H20F3N3O/c1-15-8-9-17-14-18(10-11-20(17)28-15)24-25(21-6-3-7-22(27)29-21)31-23(30-24)13-16-4-2-5-19(26)12-16;2*1-15-8-9-17-14-18(10-11-20(17)28-15)24-25(21-6-3-7-22(26)29-21)31-23(30-24)13-16-4-2-5-19(27)12-16;1-15-5-3-8-20(28-15)23-22(17-9-11-19(31-2)12-10-17)29-21(30-23)14-16-6-4-7-18(13-16)24(25,26)27/h3*2-12,14H,13H2,1H3,(H,30,31);3-13H,14H2,1-2H3,(H,29,30). The van der Waals surface area contributed by atoms with Gasteiger partial charge >= 0.3 is 6.18 Å². The minimum Gasteiger partial charge on any atom is -0.497 e. The van der Waals surface area contributed by atoms with E-state index in [1.165, 1.54) is 23.8 Å². The summed E-state index contributed by atoms with van der Waals surface area (Å²) in [5.41, 5.74) is 23.4. The largest absolute Gasteiger partial charge is 0.497 e. The highest BCUT2D eigenvalue weighted by atomic mass is 79.9. The number of benzene rings is 8. The molecule has 0 aliphatic carbocycles. The van der Waals surface area contributed by atoms with Crippen LogP contribution in [0.1, 0.15) is 73.9 Å². The summed E-state index contributed by atoms with van der Waals surface area (Å²) < 4.78 is 61.5. The molecule has 0 atom stereocenters. The summed E-state index contributed by atoms with van der Waals surface area (Å²) in [6.45, 7) is 7.89. The Morgan fingerprint density at radius 1 is 0.323 bits per heavy atom. The van der Waals surface area contributed by atoms with E-state index in [0.29, 0.717) is 42.0 Å². The zero-order valence-corrected chi connectivity index (χ0v) is 74.3. The maximum atomic E-state index is 13.7. The number of hydrogen-bond donors (Lipinski definition) is 4. The maximum absolute atomic E-state index is 13.7. The molecule has 614 valence electrons. The summed E-state index contributed by atoms with van der Waals surface area (Å²) in [7, 11) is 1.60. The number of imidazole rings is 4. The smallest absolute Gasteiger partial charge is 0.416 e. The van der Waals surface area contributed by atoms with Crippen molar-refractivity contribution in [2.24, 2.45) is 0 Å². The van der Waals surface area contributed by atoms with Crippen molar-refractivity contribution in [2.45, 2.75) is 59.6 Å². The first-order chi connectivity index (χ1) is 60.0. The van der Waals surface area contributed by atoms with Crippen LogP contribution in [0, 0.1) is 33.5 Å². The first-order valence-electron chi connectivity index (χ1n) is 39.3. The van der Waals surface area contributed by atoms with Gasteiger partial charge in [0.05, 0.1) is 97.6 Å². The highest BCUT2D eigenvalue weighted by molar-refractivity contribution is 9.11. The fourth-order valence-electron chi connectivity index (χ4n) is 14.4. The predicted octanol–water partition coefficient (Wildman–Crippen LogP) is 26.7. The third kappa shape index (κ3) is 20.9. The fraction of sp³-hybridized carbons (Fsp3) is 0.101. The van der Waals surface area contributed by atoms with Crippen molar-refractivity contribution in [3.8, 4) is 96.3 Å². The Hall–Kier alpha value is -12.8. The van der Waals surface area contributed by atoms with E-state index in [0.717, 1.165) is 204 Å². The molecule has 0 spiro atoms. The summed E-state index contributed by atoms with van der Waals surface area (Å²) in [6.07, 6.45) is -2.30. The molecule has 4 N–H and O–H groups in total. The van der Waals surface area contributed by atoms with Crippen LogP contribution in [-0.4, -0.2) is 81.9 Å². The van der Waals surface area contributed by atoms with E-state index >= 15 is 0 Å². The molecular weight excluding hydrogens is 1850 g/mol. The van der Waals surface area contributed by atoms with Crippen molar-refractivity contribution in [3.05, 3.63) is 388 Å². The van der Waals surface area contributed by atoms with E-state index in [4.69, 9.17) is 36.3 Å². The van der Waals surface area contributed by atoms with Crippen LogP contribution in [0.4, 0.5) is 17.6 Å². The molecule has 8 aromatic carbocycles. The Kier molecular flexibility index (Phi) is 25.9. The fourth-order valence-corrected chi connectivity index (χ4v) is 16.1. The van der Waals surface area contributed by atoms with Gasteiger partial charge in [-0.05, 0) is 268 Å². The van der Waals surface area contributed by atoms with Crippen LogP contribution < -0.4 is 4.74 Å². The van der Waals surface area contributed by atoms with Crippen LogP contribution in [0.3, 0.4) is 0 Å². The summed E-state index contributed by atoms with van der Waals surface area (Å²) in [5.74, 6) is 3.53. The van der Waals surface area contributed by atoms with Gasteiger partial charge < -0.3 is 24.7 Å². The molecular formula is C99H74Br4ClF4N15O. The summed E-state index contributed by atoms with van der Waals surface area (Å²) in [6, 6.07) is 89.7. The number of aryl methyl sites for hydroxylation is 4. The quantitative estimate of drug-likeness (QED) is 0.0495. The Balaban J connectivity index is 0.000000122. The van der Waals surface area contributed by atoms with Crippen molar-refractivity contribution >= 4 is 108 Å². The van der Waals surface area contributed by atoms with Gasteiger partial charge in [0.25, 0.3) is 0 Å². The first kappa shape index (κ1) is 84.8. The van der Waals surface area contributed by atoms with Crippen molar-refractivity contribution in [3.63, 3.8) is 0 Å². The maximum Gasteiger partial charge on any atom is 0.416 e. The molecule has 16 nitrogen and oxygen atoms in total. The number of H-pyrrole nitrogens is 4. The number of nitrogens with one attached hydrogen (secondary N) is 4. The van der Waals surface area contributed by atoms with E-state index in [1.54, 1.807) is 19.2 Å². The van der Waals surface area contributed by atoms with Gasteiger partial charge in [0, 0.05) is 96.4 Å². The summed E-state index contributed by atoms with van der Waals surface area (Å²) in [4.78, 5) is 65.6. The highest BCUT2D eigenvalue weighted by Crippen LogP contribution is 2.39. The van der Waals surface area contributed by atoms with Crippen LogP contribution in [0.2, 0.25) is 5.02 Å². The normalized spacial score (nSPS) is 11.3. The van der Waals surface area contributed by atoms with Crippen molar-refractivity contribution in [2.75, 3.05) is 7.11 Å². The Morgan fingerprint density at radius 3 is 1.06 bits per heavy atom. The molecule has 0 fully saturated rings. The highest BCUT2D eigenvalue weighted by Gasteiger charge is 2.31. The molecule has 19 rings (SSSR count). The topological polar surface area (TPSA) is 214 Å². The molecule has 0 saturated heterocycles. The minimum atomic E-state index is -4.38. The summed E-state index contributed by atoms with van der Waals surface area (Å²) in [5, 5.41) is 3.94. The van der Waals surface area contributed by atoms with Crippen LogP contribution in [-0.2, 0) is 31.9 Å². The number of aromatic amines is 4. The SMILES string of the molecule is COc1ccc(-c2nc(Cc3cccc(C(F)(F)F)c3)[nH]c2-c2cccc(C)n2)cc1.Cc1ccc2cc(-c3nc(Cc4cccc(Br)c4)[nH]c3-c3cccc(Br)n3)ccc2n1.Cc1ccc2cc(-c3nc(Cc4cccc(Cl)c4)[nH]c3-c3cccc(Br)n3)ccc2n1.Cc1ccc2cc(-c3nc(Cc4cccc(F)c4)[nH]c3-c3cccc(Br)n3)ccc2n1. The van der Waals surface area contributed by atoms with Crippen molar-refractivity contribution in [1.29, 1.82) is 0 Å². The number of nitrogens with zero attached hydrogens (tertiary/aromatic N) is 11. The molecule has 0 aliphatic rings. The lowest BCUT2D eigenvalue weighted by molar-refractivity contribution is -0.137. The molecule has 11 heterocycles. The molecule has 25 heteroatoms. The average molecular weight is 1920 g/mol. The van der Waals surface area contributed by atoms with Crippen LogP contribution in [0.5, 0.6) is 5.75 Å². The lowest BCUT2D eigenvalue weighted by Gasteiger charge is -2.07. The van der Waals surface area contributed by atoms with Crippen LogP contribution in [0.15, 0.2) is 303 Å². The van der Waals surface area contributed by atoms with Gasteiger partial charge in [-0.3, -0.25) is 19.9 Å². The van der Waals surface area contributed by atoms with Crippen LogP contribution in [0.25, 0.3) is 123 Å². The number of aromatic nitrogens is 15. The van der Waals surface area contributed by atoms with Gasteiger partial charge in [-0.25, -0.2) is 39.3 Å². The Bertz CT molecular complexity index is 6600. The van der Waals surface area contributed by atoms with Gasteiger partial charge in [0.15, 0.2) is 0 Å². The van der Waals surface area contributed by atoms with Crippen molar-refractivity contribution in [1.82, 2.24) is 74.8 Å². The second kappa shape index (κ2) is 37.9. The van der Waals surface area contributed by atoms with Gasteiger partial charge in [0.1, 0.15) is 48.7 Å². The molecule has 19 aromatic rings. The Labute approximate surface area is 750 Å². The number of alkyl halides is 3. The van der Waals surface area contributed by atoms with E-state index in [9.17, 15) is 17.6 Å². The molecule has 11 aromatic heterocycles. The molecule has 0 amide bonds. The molecule has 0 bridgehead atoms. The van der Waals surface area contributed by atoms with E-state index < -0.39 is 11.7 Å². The average Bonchev–Trinajstić information content (AvgIpc) is 1.63. The van der Waals surface area contributed by atoms with Gasteiger partial charge in [-0.1, -0.05) is 143 Å². The number of ether oxygens (including phenoxy) is 1. The number of rotatable bonds is 17. The lowest BCUT2D eigenvalue weighted by atomic mass is 10.1. The molecule has 0 saturated carbocycles. The number of hydrogen-bond acceptors (Lipinski definition) is 12. The first-order valence-corrected chi connectivity index (χ1v) is 42.9. The van der Waals surface area contributed by atoms with Gasteiger partial charge in [0.2, 0.25) is 0 Å². The third-order valence-corrected chi connectivity index (χ3v) is 22.2. The monoisotopic (exact) mass is 1920 g/mol. The molecule has 124 heavy (non-hydrogen) atoms. The van der Waals surface area contributed by atoms with Gasteiger partial charge in [-0.2, -0.15) is 13.2 Å². The zero-order chi connectivity index (χ0) is 86.1. The minimum absolute atomic E-state index is 0.235. The second-order valence-corrected chi connectivity index (χ2v) is 33.2. The van der Waals surface area contributed by atoms with Crippen molar-refractivity contribution < 1.29 is 22.3 Å². The lowest BCUT2D eigenvalue weighted by Crippen LogP contribution is -2.05. The number of methoxy groups -OCH3 is 1. The van der Waals surface area contributed by atoms with E-state index in [1.807, 2.05) is 198 Å². The number of pyridine rings is 7. The molecule has 0 radical (unpaired) electrons. The molecule has 0 aliphatic heterocycles. The summed E-state index contributed by atoms with van der Waals surface area (Å²) >= 11 is 20.1. The zero-order valence-electron chi connectivity index (χ0n) is 67.2. The Morgan fingerprint density at radius 2 is 0.669 bits per heavy atom.